The molecule has 1 rings (SSSR count). The molecule has 0 radical (unpaired) electrons. The van der Waals surface area contributed by atoms with Crippen molar-refractivity contribution in [3.8, 4) is 0 Å². The smallest absolute Gasteiger partial charge is 0.241 e. The normalized spacial score (nSPS) is 12.2. The van der Waals surface area contributed by atoms with Crippen LogP contribution in [-0.4, -0.2) is 11.9 Å². The lowest BCUT2D eigenvalue weighted by Gasteiger charge is -2.14. The molecule has 1 aromatic carbocycles. The maximum absolute atomic E-state index is 11.8. The molecule has 0 heterocycles. The zero-order chi connectivity index (χ0) is 12.1. The second-order valence-electron chi connectivity index (χ2n) is 4.15. The molecular formula is C13H20N2O. The van der Waals surface area contributed by atoms with Gasteiger partial charge in [0.2, 0.25) is 5.91 Å². The predicted octanol–water partition coefficient (Wildman–Crippen LogP) is 2.37. The highest BCUT2D eigenvalue weighted by Gasteiger charge is 2.14. The largest absolute Gasteiger partial charge is 0.324 e. The third-order valence-electron chi connectivity index (χ3n) is 2.67. The Hall–Kier alpha value is -1.35. The van der Waals surface area contributed by atoms with E-state index in [9.17, 15) is 4.79 Å². The summed E-state index contributed by atoms with van der Waals surface area (Å²) in [7, 11) is 0. The molecule has 3 heteroatoms. The van der Waals surface area contributed by atoms with Crippen LogP contribution in [0.5, 0.6) is 0 Å². The van der Waals surface area contributed by atoms with E-state index in [1.807, 2.05) is 39.0 Å². The maximum atomic E-state index is 11.8. The molecule has 3 nitrogen and oxygen atoms in total. The highest BCUT2D eigenvalue weighted by molar-refractivity contribution is 5.95. The minimum Gasteiger partial charge on any atom is -0.324 e. The van der Waals surface area contributed by atoms with Gasteiger partial charge in [-0.05, 0) is 31.4 Å². The quantitative estimate of drug-likeness (QED) is 0.818. The number of rotatable bonds is 4. The number of hydrogen-bond donors (Lipinski definition) is 2. The summed E-state index contributed by atoms with van der Waals surface area (Å²) in [6.45, 7) is 5.98. The van der Waals surface area contributed by atoms with Crippen LogP contribution in [0.25, 0.3) is 0 Å². The van der Waals surface area contributed by atoms with Crippen molar-refractivity contribution >= 4 is 11.6 Å². The van der Waals surface area contributed by atoms with Crippen molar-refractivity contribution in [1.29, 1.82) is 0 Å². The van der Waals surface area contributed by atoms with Crippen molar-refractivity contribution in [1.82, 2.24) is 0 Å². The van der Waals surface area contributed by atoms with Gasteiger partial charge in [-0.1, -0.05) is 31.5 Å². The van der Waals surface area contributed by atoms with Gasteiger partial charge in [0, 0.05) is 5.69 Å². The van der Waals surface area contributed by atoms with E-state index in [1.165, 1.54) is 0 Å². The Labute approximate surface area is 97.0 Å². The topological polar surface area (TPSA) is 55.1 Å². The number of nitrogens with two attached hydrogens (primary N) is 1. The Morgan fingerprint density at radius 1 is 1.38 bits per heavy atom. The van der Waals surface area contributed by atoms with E-state index in [0.29, 0.717) is 0 Å². The zero-order valence-corrected chi connectivity index (χ0v) is 10.2. The van der Waals surface area contributed by atoms with E-state index in [0.717, 1.165) is 29.7 Å². The van der Waals surface area contributed by atoms with Gasteiger partial charge in [-0.2, -0.15) is 0 Å². The molecule has 88 valence electrons. The Morgan fingerprint density at radius 3 is 2.44 bits per heavy atom. The molecule has 0 spiro atoms. The summed E-state index contributed by atoms with van der Waals surface area (Å²) in [6, 6.07) is 5.53. The van der Waals surface area contributed by atoms with Crippen LogP contribution in [0.1, 0.15) is 30.9 Å². The summed E-state index contributed by atoms with van der Waals surface area (Å²) in [5, 5.41) is 2.90. The van der Waals surface area contributed by atoms with Crippen LogP contribution >= 0.6 is 0 Å². The Kier molecular flexibility index (Phi) is 4.50. The summed E-state index contributed by atoms with van der Waals surface area (Å²) in [5.41, 5.74) is 8.79. The first-order chi connectivity index (χ1) is 7.56. The molecule has 1 atom stereocenters. The third kappa shape index (κ3) is 3.07. The Morgan fingerprint density at radius 2 is 1.94 bits per heavy atom. The average Bonchev–Trinajstić information content (AvgIpc) is 2.23. The van der Waals surface area contributed by atoms with Gasteiger partial charge in [-0.15, -0.1) is 0 Å². The summed E-state index contributed by atoms with van der Waals surface area (Å²) in [6.07, 6.45) is 1.64. The lowest BCUT2D eigenvalue weighted by molar-refractivity contribution is -0.117. The number of carbonyl (C=O) groups is 1. The van der Waals surface area contributed by atoms with Crippen LogP contribution in [0, 0.1) is 13.8 Å². The maximum Gasteiger partial charge on any atom is 0.241 e. The Bertz CT molecular complexity index is 354. The molecule has 3 N–H and O–H groups in total. The molecule has 0 saturated heterocycles. The molecule has 0 aliphatic carbocycles. The predicted molar refractivity (Wildman–Crippen MR) is 67.4 cm³/mol. The minimum absolute atomic E-state index is 0.0979. The van der Waals surface area contributed by atoms with Crippen LogP contribution in [-0.2, 0) is 4.79 Å². The van der Waals surface area contributed by atoms with Crippen molar-refractivity contribution in [2.75, 3.05) is 5.32 Å². The Balaban J connectivity index is 2.77. The second kappa shape index (κ2) is 5.66. The van der Waals surface area contributed by atoms with Crippen LogP contribution < -0.4 is 11.1 Å². The summed E-state index contributed by atoms with van der Waals surface area (Å²) in [4.78, 5) is 11.8. The molecule has 16 heavy (non-hydrogen) atoms. The second-order valence-corrected chi connectivity index (χ2v) is 4.15. The molecule has 0 saturated carbocycles. The lowest BCUT2D eigenvalue weighted by Crippen LogP contribution is -2.35. The molecule has 1 aromatic rings. The molecule has 0 aliphatic rings. The standard InChI is InChI=1S/C13H20N2O/c1-4-6-11(14)13(16)15-12-9(2)7-5-8-10(12)3/h5,7-8,11H,4,6,14H2,1-3H3,(H,15,16). The number of nitrogens with one attached hydrogen (secondary N) is 1. The van der Waals surface area contributed by atoms with Crippen molar-refractivity contribution in [3.63, 3.8) is 0 Å². The van der Waals surface area contributed by atoms with Crippen molar-refractivity contribution in [2.24, 2.45) is 5.73 Å². The molecule has 0 aromatic heterocycles. The van der Waals surface area contributed by atoms with Crippen LogP contribution in [0.4, 0.5) is 5.69 Å². The number of para-hydroxylation sites is 1. The molecule has 0 aliphatic heterocycles. The fraction of sp³-hybridized carbons (Fsp3) is 0.462. The summed E-state index contributed by atoms with van der Waals surface area (Å²) < 4.78 is 0. The molecule has 1 unspecified atom stereocenters. The van der Waals surface area contributed by atoms with Gasteiger partial charge in [0.05, 0.1) is 6.04 Å². The number of carbonyl (C=O) groups excluding carboxylic acids is 1. The molecular weight excluding hydrogens is 200 g/mol. The zero-order valence-electron chi connectivity index (χ0n) is 10.2. The van der Waals surface area contributed by atoms with E-state index < -0.39 is 6.04 Å². The fourth-order valence-corrected chi connectivity index (χ4v) is 1.67. The van der Waals surface area contributed by atoms with E-state index in [-0.39, 0.29) is 5.91 Å². The number of benzene rings is 1. The summed E-state index contributed by atoms with van der Waals surface area (Å²) in [5.74, 6) is -0.0979. The van der Waals surface area contributed by atoms with Crippen LogP contribution in [0.2, 0.25) is 0 Å². The van der Waals surface area contributed by atoms with Crippen molar-refractivity contribution in [3.05, 3.63) is 29.3 Å². The third-order valence-corrected chi connectivity index (χ3v) is 2.67. The van der Waals surface area contributed by atoms with Gasteiger partial charge in [0.15, 0.2) is 0 Å². The highest BCUT2D eigenvalue weighted by atomic mass is 16.2. The minimum atomic E-state index is -0.413. The lowest BCUT2D eigenvalue weighted by atomic mass is 10.1. The van der Waals surface area contributed by atoms with E-state index in [1.54, 1.807) is 0 Å². The number of anilines is 1. The number of hydrogen-bond acceptors (Lipinski definition) is 2. The van der Waals surface area contributed by atoms with Gasteiger partial charge >= 0.3 is 0 Å². The summed E-state index contributed by atoms with van der Waals surface area (Å²) >= 11 is 0. The molecule has 1 amide bonds. The van der Waals surface area contributed by atoms with Gasteiger partial charge in [-0.3, -0.25) is 4.79 Å². The first kappa shape index (κ1) is 12.7. The van der Waals surface area contributed by atoms with Gasteiger partial charge in [0.1, 0.15) is 0 Å². The van der Waals surface area contributed by atoms with E-state index >= 15 is 0 Å². The fourth-order valence-electron chi connectivity index (χ4n) is 1.67. The highest BCUT2D eigenvalue weighted by Crippen LogP contribution is 2.19. The molecule has 0 bridgehead atoms. The average molecular weight is 220 g/mol. The monoisotopic (exact) mass is 220 g/mol. The van der Waals surface area contributed by atoms with E-state index in [4.69, 9.17) is 5.73 Å². The number of aryl methyl sites for hydroxylation is 2. The van der Waals surface area contributed by atoms with Gasteiger partial charge in [-0.25, -0.2) is 0 Å². The first-order valence-corrected chi connectivity index (χ1v) is 5.69. The number of amides is 1. The van der Waals surface area contributed by atoms with Gasteiger partial charge < -0.3 is 11.1 Å². The molecule has 0 fully saturated rings. The van der Waals surface area contributed by atoms with Crippen molar-refractivity contribution in [2.45, 2.75) is 39.7 Å². The van der Waals surface area contributed by atoms with Crippen LogP contribution in [0.3, 0.4) is 0 Å². The first-order valence-electron chi connectivity index (χ1n) is 5.69. The van der Waals surface area contributed by atoms with Gasteiger partial charge in [0.25, 0.3) is 0 Å². The van der Waals surface area contributed by atoms with E-state index in [2.05, 4.69) is 5.32 Å². The van der Waals surface area contributed by atoms with Crippen molar-refractivity contribution < 1.29 is 4.79 Å². The van der Waals surface area contributed by atoms with Crippen LogP contribution in [0.15, 0.2) is 18.2 Å². The SMILES string of the molecule is CCCC(N)C(=O)Nc1c(C)cccc1C.